The quantitative estimate of drug-likeness (QED) is 0.344. The predicted molar refractivity (Wildman–Crippen MR) is 149 cm³/mol. The average molecular weight is 656 g/mol. The van der Waals surface area contributed by atoms with Crippen LogP contribution in [0.2, 0.25) is 0 Å². The Hall–Kier alpha value is -2.78. The number of fused-ring (bicyclic) bond motifs is 1. The second-order valence-corrected chi connectivity index (χ2v) is 12.8. The van der Waals surface area contributed by atoms with Crippen molar-refractivity contribution in [3.05, 3.63) is 28.8 Å². The van der Waals surface area contributed by atoms with Gasteiger partial charge < -0.3 is 15.1 Å². The third kappa shape index (κ3) is 7.79. The van der Waals surface area contributed by atoms with Crippen LogP contribution in [0.25, 0.3) is 0 Å². The normalized spacial score (nSPS) is 25.6. The molecule has 2 aliphatic heterocycles. The molecule has 1 aliphatic carbocycles. The van der Waals surface area contributed by atoms with Gasteiger partial charge >= 0.3 is 18.5 Å². The van der Waals surface area contributed by atoms with Crippen molar-refractivity contribution in [1.82, 2.24) is 25.5 Å². The van der Waals surface area contributed by atoms with E-state index in [1.165, 1.54) is 20.0 Å². The summed E-state index contributed by atoms with van der Waals surface area (Å²) in [6.07, 6.45) is -13.6. The number of piperidine rings is 1. The highest BCUT2D eigenvalue weighted by atomic mass is 19.4. The van der Waals surface area contributed by atoms with Crippen LogP contribution in [0.4, 0.5) is 51.1 Å². The second kappa shape index (κ2) is 12.8. The van der Waals surface area contributed by atoms with Crippen molar-refractivity contribution in [1.29, 1.82) is 0 Å². The third-order valence-corrected chi connectivity index (χ3v) is 9.54. The molecule has 1 saturated carbocycles. The summed E-state index contributed by atoms with van der Waals surface area (Å²) in [4.78, 5) is 4.67. The van der Waals surface area contributed by atoms with Crippen LogP contribution in [0.15, 0.2) is 12.1 Å². The van der Waals surface area contributed by atoms with Gasteiger partial charge in [0.25, 0.3) is 5.95 Å². The van der Waals surface area contributed by atoms with Crippen LogP contribution in [0.3, 0.4) is 0 Å². The summed E-state index contributed by atoms with van der Waals surface area (Å²) in [5.41, 5.74) is 0.0893. The van der Waals surface area contributed by atoms with Gasteiger partial charge in [-0.1, -0.05) is 11.2 Å². The number of benzene rings is 1. The zero-order chi connectivity index (χ0) is 32.7. The zero-order valence-corrected chi connectivity index (χ0v) is 25.1. The molecular formula is C29H38F9N7. The van der Waals surface area contributed by atoms with Gasteiger partial charge in [-0.25, -0.2) is 0 Å². The van der Waals surface area contributed by atoms with Crippen molar-refractivity contribution < 1.29 is 39.5 Å². The van der Waals surface area contributed by atoms with Crippen molar-refractivity contribution in [2.75, 3.05) is 42.5 Å². The molecule has 4 atom stereocenters. The van der Waals surface area contributed by atoms with Crippen LogP contribution < -0.4 is 15.1 Å². The summed E-state index contributed by atoms with van der Waals surface area (Å²) in [7, 11) is 1.48. The Morgan fingerprint density at radius 1 is 0.889 bits per heavy atom. The van der Waals surface area contributed by atoms with Crippen molar-refractivity contribution >= 4 is 11.6 Å². The number of anilines is 2. The molecule has 45 heavy (non-hydrogen) atoms. The van der Waals surface area contributed by atoms with E-state index in [1.807, 2.05) is 4.90 Å². The summed E-state index contributed by atoms with van der Waals surface area (Å²) in [5.74, 6) is -5.01. The number of aromatic nitrogens is 4. The fourth-order valence-electron chi connectivity index (χ4n) is 7.34. The largest absolute Gasteiger partial charge is 0.416 e. The Kier molecular flexibility index (Phi) is 9.54. The molecule has 0 spiro atoms. The number of tetrazole rings is 1. The van der Waals surface area contributed by atoms with Crippen LogP contribution in [0.1, 0.15) is 67.7 Å². The molecule has 3 heterocycles. The standard InChI is InChI=1S/C29H38F9N7/c1-17-10-22-24(4-3-9-44(15-18-5-7-39-8-6-18)25(22)14-23(17)29(36,37)38)45(26-40-42-43(2)41-26)16-19-11-20(27(30,31)32)13-21(12-19)28(33,34)35/h10,14,18-21,24,39H,3-9,11-13,15-16H2,1-2H3/t19?,20-,21?,24-/m0/s1. The van der Waals surface area contributed by atoms with Gasteiger partial charge in [-0.2, -0.15) is 44.3 Å². The maximum atomic E-state index is 14.2. The van der Waals surface area contributed by atoms with E-state index in [1.54, 1.807) is 4.90 Å². The summed E-state index contributed by atoms with van der Waals surface area (Å²) >= 11 is 0. The smallest absolute Gasteiger partial charge is 0.371 e. The maximum absolute atomic E-state index is 14.2. The Bertz CT molecular complexity index is 1280. The topological polar surface area (TPSA) is 62.1 Å². The molecule has 1 aromatic carbocycles. The lowest BCUT2D eigenvalue weighted by Gasteiger charge is -2.40. The number of halogens is 9. The summed E-state index contributed by atoms with van der Waals surface area (Å²) in [6.45, 7) is 3.72. The van der Waals surface area contributed by atoms with E-state index in [4.69, 9.17) is 0 Å². The van der Waals surface area contributed by atoms with Crippen LogP contribution >= 0.6 is 0 Å². The van der Waals surface area contributed by atoms with Crippen LogP contribution in [0, 0.1) is 30.6 Å². The van der Waals surface area contributed by atoms with Crippen molar-refractivity contribution in [3.8, 4) is 0 Å². The minimum absolute atomic E-state index is 0.00972. The molecule has 1 N–H and O–H groups in total. The number of rotatable bonds is 6. The number of nitrogens with zero attached hydrogens (tertiary/aromatic N) is 6. The zero-order valence-electron chi connectivity index (χ0n) is 25.1. The fraction of sp³-hybridized carbons (Fsp3) is 0.759. The van der Waals surface area contributed by atoms with Crippen molar-refractivity contribution in [2.45, 2.75) is 76.4 Å². The van der Waals surface area contributed by atoms with E-state index in [-0.39, 0.29) is 24.0 Å². The molecule has 1 aromatic heterocycles. The van der Waals surface area contributed by atoms with E-state index in [0.29, 0.717) is 37.2 Å². The first kappa shape index (κ1) is 33.6. The van der Waals surface area contributed by atoms with Crippen LogP contribution in [0.5, 0.6) is 0 Å². The van der Waals surface area contributed by atoms with Gasteiger partial charge in [0.15, 0.2) is 0 Å². The maximum Gasteiger partial charge on any atom is 0.416 e. The van der Waals surface area contributed by atoms with Gasteiger partial charge in [0.2, 0.25) is 0 Å². The molecule has 252 valence electrons. The first-order valence-electron chi connectivity index (χ1n) is 15.3. The molecule has 1 saturated heterocycles. The number of alkyl halides is 9. The van der Waals surface area contributed by atoms with Gasteiger partial charge in [-0.05, 0) is 99.2 Å². The molecule has 2 fully saturated rings. The summed E-state index contributed by atoms with van der Waals surface area (Å²) in [6, 6.07) is 1.91. The monoisotopic (exact) mass is 655 g/mol. The highest BCUT2D eigenvalue weighted by molar-refractivity contribution is 5.62. The summed E-state index contributed by atoms with van der Waals surface area (Å²) in [5, 5.41) is 15.5. The number of hydrogen-bond acceptors (Lipinski definition) is 6. The Morgan fingerprint density at radius 2 is 1.53 bits per heavy atom. The lowest BCUT2D eigenvalue weighted by molar-refractivity contribution is -0.228. The Morgan fingerprint density at radius 3 is 2.09 bits per heavy atom. The van der Waals surface area contributed by atoms with Crippen molar-refractivity contribution in [2.24, 2.45) is 30.7 Å². The molecule has 0 amide bonds. The lowest BCUT2D eigenvalue weighted by atomic mass is 9.74. The molecule has 0 bridgehead atoms. The van der Waals surface area contributed by atoms with Gasteiger partial charge in [-0.15, -0.1) is 5.10 Å². The minimum atomic E-state index is -4.80. The van der Waals surface area contributed by atoms with E-state index in [0.717, 1.165) is 36.8 Å². The number of aryl methyl sites for hydroxylation is 2. The summed E-state index contributed by atoms with van der Waals surface area (Å²) < 4.78 is 125. The van der Waals surface area contributed by atoms with Crippen LogP contribution in [-0.2, 0) is 13.2 Å². The van der Waals surface area contributed by atoms with Gasteiger partial charge in [0.1, 0.15) is 0 Å². The second-order valence-electron chi connectivity index (χ2n) is 12.8. The highest BCUT2D eigenvalue weighted by Gasteiger charge is 2.52. The molecule has 2 unspecified atom stereocenters. The number of nitrogens with one attached hydrogen (secondary N) is 1. The van der Waals surface area contributed by atoms with Crippen molar-refractivity contribution in [3.63, 3.8) is 0 Å². The van der Waals surface area contributed by atoms with E-state index >= 15 is 0 Å². The molecule has 7 nitrogen and oxygen atoms in total. The molecule has 5 rings (SSSR count). The van der Waals surface area contributed by atoms with E-state index < -0.39 is 67.2 Å². The van der Waals surface area contributed by atoms with Gasteiger partial charge in [0, 0.05) is 25.3 Å². The molecule has 0 radical (unpaired) electrons. The third-order valence-electron chi connectivity index (χ3n) is 9.54. The van der Waals surface area contributed by atoms with E-state index in [2.05, 4.69) is 20.7 Å². The van der Waals surface area contributed by atoms with E-state index in [9.17, 15) is 39.5 Å². The fourth-order valence-corrected chi connectivity index (χ4v) is 7.34. The molecular weight excluding hydrogens is 617 g/mol. The highest BCUT2D eigenvalue weighted by Crippen LogP contribution is 2.49. The first-order chi connectivity index (χ1) is 21.0. The Balaban J connectivity index is 1.56. The van der Waals surface area contributed by atoms with Crippen LogP contribution in [-0.4, -0.2) is 65.3 Å². The molecule has 2 aromatic rings. The van der Waals surface area contributed by atoms with Gasteiger partial charge in [0.05, 0.1) is 30.5 Å². The number of hydrogen-bond donors (Lipinski definition) is 1. The minimum Gasteiger partial charge on any atom is -0.371 e. The lowest BCUT2D eigenvalue weighted by Crippen LogP contribution is -2.43. The average Bonchev–Trinajstić information content (AvgIpc) is 3.30. The van der Waals surface area contributed by atoms with Gasteiger partial charge in [-0.3, -0.25) is 0 Å². The molecule has 16 heteroatoms. The Labute approximate surface area is 255 Å². The predicted octanol–water partition coefficient (Wildman–Crippen LogP) is 6.84. The first-order valence-corrected chi connectivity index (χ1v) is 15.3. The SMILES string of the molecule is Cc1cc2c(cc1C(F)(F)F)N(CC1CCNCC1)CCC[C@@H]2N(CC1CC(C(F)(F)F)C[C@@H](C(F)(F)F)C1)c1nnn(C)n1. The molecule has 3 aliphatic rings.